The van der Waals surface area contributed by atoms with Crippen LogP contribution in [0.4, 0.5) is 14.5 Å². The Hall–Kier alpha value is -0.970. The molecule has 0 aromatic heterocycles. The number of halogens is 3. The SMILES string of the molecule is O=C1CCN(c2c(F)cc(Br)cc2F)CC1. The maximum atomic E-state index is 13.6. The third-order valence-corrected chi connectivity index (χ3v) is 3.08. The molecule has 0 aliphatic carbocycles. The Morgan fingerprint density at radius 2 is 1.62 bits per heavy atom. The van der Waals surface area contributed by atoms with Crippen LogP contribution < -0.4 is 4.90 Å². The lowest BCUT2D eigenvalue weighted by Crippen LogP contribution is -2.34. The van der Waals surface area contributed by atoms with Crippen LogP contribution in [-0.4, -0.2) is 18.9 Å². The predicted octanol–water partition coefficient (Wildman–Crippen LogP) is 2.90. The summed E-state index contributed by atoms with van der Waals surface area (Å²) in [6.45, 7) is 0.766. The van der Waals surface area contributed by atoms with E-state index in [0.29, 0.717) is 30.4 Å². The molecule has 1 aliphatic rings. The minimum atomic E-state index is -0.596. The van der Waals surface area contributed by atoms with Gasteiger partial charge in [-0.3, -0.25) is 4.79 Å². The number of Topliss-reactive ketones (excluding diaryl/α,β-unsaturated/α-hetero) is 1. The number of carbonyl (C=O) groups is 1. The van der Waals surface area contributed by atoms with Crippen LogP contribution in [-0.2, 0) is 4.79 Å². The van der Waals surface area contributed by atoms with Crippen molar-refractivity contribution in [3.63, 3.8) is 0 Å². The van der Waals surface area contributed by atoms with E-state index in [2.05, 4.69) is 15.9 Å². The number of nitrogens with zero attached hydrogens (tertiary/aromatic N) is 1. The van der Waals surface area contributed by atoms with Crippen LogP contribution in [0.25, 0.3) is 0 Å². The van der Waals surface area contributed by atoms with E-state index in [4.69, 9.17) is 0 Å². The number of rotatable bonds is 1. The quantitative estimate of drug-likeness (QED) is 0.792. The molecular formula is C11H10BrF2NO. The number of benzene rings is 1. The van der Waals surface area contributed by atoms with Crippen molar-refractivity contribution in [2.75, 3.05) is 18.0 Å². The molecule has 1 heterocycles. The second kappa shape index (κ2) is 4.49. The number of hydrogen-bond donors (Lipinski definition) is 0. The fraction of sp³-hybridized carbons (Fsp3) is 0.364. The van der Waals surface area contributed by atoms with Gasteiger partial charge in [0.05, 0.1) is 0 Å². The highest BCUT2D eigenvalue weighted by molar-refractivity contribution is 9.10. The fourth-order valence-electron chi connectivity index (χ4n) is 1.82. The minimum Gasteiger partial charge on any atom is -0.366 e. The smallest absolute Gasteiger partial charge is 0.150 e. The van der Waals surface area contributed by atoms with E-state index in [1.165, 1.54) is 12.1 Å². The van der Waals surface area contributed by atoms with Crippen LogP contribution in [0, 0.1) is 11.6 Å². The van der Waals surface area contributed by atoms with Gasteiger partial charge in [-0.2, -0.15) is 0 Å². The van der Waals surface area contributed by atoms with Crippen LogP contribution in [0.2, 0.25) is 0 Å². The standard InChI is InChI=1S/C11H10BrF2NO/c12-7-5-9(13)11(10(14)6-7)15-3-1-8(16)2-4-15/h5-6H,1-4H2. The Morgan fingerprint density at radius 1 is 1.12 bits per heavy atom. The molecule has 1 fully saturated rings. The lowest BCUT2D eigenvalue weighted by molar-refractivity contribution is -0.119. The van der Waals surface area contributed by atoms with E-state index in [9.17, 15) is 13.6 Å². The highest BCUT2D eigenvalue weighted by atomic mass is 79.9. The van der Waals surface area contributed by atoms with Gasteiger partial charge in [0.25, 0.3) is 0 Å². The summed E-state index contributed by atoms with van der Waals surface area (Å²) in [6.07, 6.45) is 0.712. The molecule has 1 aliphatic heterocycles. The Morgan fingerprint density at radius 3 is 2.12 bits per heavy atom. The van der Waals surface area contributed by atoms with E-state index < -0.39 is 11.6 Å². The molecule has 0 spiro atoms. The first-order valence-corrected chi connectivity index (χ1v) is 5.78. The van der Waals surface area contributed by atoms with Crippen molar-refractivity contribution in [3.8, 4) is 0 Å². The van der Waals surface area contributed by atoms with Crippen molar-refractivity contribution >= 4 is 27.4 Å². The normalized spacial score (nSPS) is 16.7. The second-order valence-corrected chi connectivity index (χ2v) is 4.66. The molecule has 1 saturated heterocycles. The van der Waals surface area contributed by atoms with Gasteiger partial charge in [-0.15, -0.1) is 0 Å². The van der Waals surface area contributed by atoms with Gasteiger partial charge < -0.3 is 4.90 Å². The Balaban J connectivity index is 2.30. The molecule has 1 aromatic rings. The second-order valence-electron chi connectivity index (χ2n) is 3.74. The average molecular weight is 290 g/mol. The van der Waals surface area contributed by atoms with Gasteiger partial charge in [0.1, 0.15) is 11.5 Å². The molecule has 2 nitrogen and oxygen atoms in total. The zero-order valence-corrected chi connectivity index (χ0v) is 10.1. The van der Waals surface area contributed by atoms with Gasteiger partial charge in [0.2, 0.25) is 0 Å². The van der Waals surface area contributed by atoms with Gasteiger partial charge in [-0.05, 0) is 12.1 Å². The fourth-order valence-corrected chi connectivity index (χ4v) is 2.22. The Labute approximate surface area is 100 Å². The number of anilines is 1. The zero-order chi connectivity index (χ0) is 11.7. The summed E-state index contributed by atoms with van der Waals surface area (Å²) in [5.41, 5.74) is -0.0318. The van der Waals surface area contributed by atoms with Crippen LogP contribution in [0.5, 0.6) is 0 Å². The molecule has 86 valence electrons. The first-order valence-electron chi connectivity index (χ1n) is 4.99. The lowest BCUT2D eigenvalue weighted by Gasteiger charge is -2.28. The maximum absolute atomic E-state index is 13.6. The largest absolute Gasteiger partial charge is 0.366 e. The van der Waals surface area contributed by atoms with E-state index in [-0.39, 0.29) is 11.5 Å². The molecule has 0 amide bonds. The zero-order valence-electron chi connectivity index (χ0n) is 8.47. The number of piperidine rings is 1. The maximum Gasteiger partial charge on any atom is 0.150 e. The first-order chi connectivity index (χ1) is 7.58. The summed E-state index contributed by atoms with van der Waals surface area (Å²) in [4.78, 5) is 12.6. The molecule has 0 atom stereocenters. The molecule has 1 aromatic carbocycles. The van der Waals surface area contributed by atoms with E-state index in [1.807, 2.05) is 0 Å². The molecule has 0 unspecified atom stereocenters. The number of carbonyl (C=O) groups excluding carboxylic acids is 1. The van der Waals surface area contributed by atoms with Crippen LogP contribution in [0.3, 0.4) is 0 Å². The van der Waals surface area contributed by atoms with Crippen molar-refractivity contribution in [2.45, 2.75) is 12.8 Å². The third kappa shape index (κ3) is 2.24. The number of hydrogen-bond acceptors (Lipinski definition) is 2. The first kappa shape index (κ1) is 11.5. The van der Waals surface area contributed by atoms with Gasteiger partial charge in [-0.25, -0.2) is 8.78 Å². The summed E-state index contributed by atoms with van der Waals surface area (Å²) in [5, 5.41) is 0. The van der Waals surface area contributed by atoms with Gasteiger partial charge in [-0.1, -0.05) is 15.9 Å². The van der Waals surface area contributed by atoms with Crippen molar-refractivity contribution in [1.29, 1.82) is 0 Å². The molecule has 0 N–H and O–H groups in total. The van der Waals surface area contributed by atoms with Crippen molar-refractivity contribution in [3.05, 3.63) is 28.2 Å². The lowest BCUT2D eigenvalue weighted by atomic mass is 10.1. The monoisotopic (exact) mass is 289 g/mol. The van der Waals surface area contributed by atoms with Crippen LogP contribution in [0.15, 0.2) is 16.6 Å². The van der Waals surface area contributed by atoms with Gasteiger partial charge in [0.15, 0.2) is 11.6 Å². The Kier molecular flexibility index (Phi) is 3.23. The third-order valence-electron chi connectivity index (χ3n) is 2.62. The van der Waals surface area contributed by atoms with E-state index in [1.54, 1.807) is 4.90 Å². The van der Waals surface area contributed by atoms with Gasteiger partial charge >= 0.3 is 0 Å². The summed E-state index contributed by atoms with van der Waals surface area (Å²) >= 11 is 3.03. The topological polar surface area (TPSA) is 20.3 Å². The van der Waals surface area contributed by atoms with Gasteiger partial charge in [0, 0.05) is 30.4 Å². The van der Waals surface area contributed by atoms with Crippen LogP contribution in [0.1, 0.15) is 12.8 Å². The molecule has 0 radical (unpaired) electrons. The van der Waals surface area contributed by atoms with Crippen molar-refractivity contribution < 1.29 is 13.6 Å². The average Bonchev–Trinajstić information content (AvgIpc) is 2.19. The molecule has 2 rings (SSSR count). The molecule has 5 heteroatoms. The molecular weight excluding hydrogens is 280 g/mol. The summed E-state index contributed by atoms with van der Waals surface area (Å²) in [6, 6.07) is 2.46. The van der Waals surface area contributed by atoms with E-state index in [0.717, 1.165) is 0 Å². The van der Waals surface area contributed by atoms with Crippen molar-refractivity contribution in [2.24, 2.45) is 0 Å². The summed E-state index contributed by atoms with van der Waals surface area (Å²) < 4.78 is 27.6. The summed E-state index contributed by atoms with van der Waals surface area (Å²) in [5.74, 6) is -1.04. The summed E-state index contributed by atoms with van der Waals surface area (Å²) in [7, 11) is 0. The number of ketones is 1. The highest BCUT2D eigenvalue weighted by Gasteiger charge is 2.22. The highest BCUT2D eigenvalue weighted by Crippen LogP contribution is 2.28. The minimum absolute atomic E-state index is 0.0318. The molecule has 0 bridgehead atoms. The van der Waals surface area contributed by atoms with Crippen LogP contribution >= 0.6 is 15.9 Å². The van der Waals surface area contributed by atoms with Crippen molar-refractivity contribution in [1.82, 2.24) is 0 Å². The molecule has 16 heavy (non-hydrogen) atoms. The predicted molar refractivity (Wildman–Crippen MR) is 60.5 cm³/mol. The van der Waals surface area contributed by atoms with E-state index >= 15 is 0 Å². The Bertz CT molecular complexity index is 403. The molecule has 0 saturated carbocycles.